The summed E-state index contributed by atoms with van der Waals surface area (Å²) in [5.41, 5.74) is 0. The summed E-state index contributed by atoms with van der Waals surface area (Å²) >= 11 is 0. The molecule has 1 heterocycles. The summed E-state index contributed by atoms with van der Waals surface area (Å²) in [6.07, 6.45) is 1.18. The van der Waals surface area contributed by atoms with Crippen molar-refractivity contribution in [3.63, 3.8) is 0 Å². The van der Waals surface area contributed by atoms with E-state index in [1.165, 1.54) is 12.0 Å². The molecule has 0 aliphatic carbocycles. The van der Waals surface area contributed by atoms with Crippen molar-refractivity contribution in [1.29, 1.82) is 0 Å². The van der Waals surface area contributed by atoms with Gasteiger partial charge in [-0.2, -0.15) is 0 Å². The largest absolute Gasteiger partial charge is 0.480 e. The molecule has 0 radical (unpaired) electrons. The van der Waals surface area contributed by atoms with Gasteiger partial charge >= 0.3 is 18.0 Å². The number of ether oxygens (including phenoxy) is 1. The van der Waals surface area contributed by atoms with Gasteiger partial charge < -0.3 is 20.1 Å². The van der Waals surface area contributed by atoms with Gasteiger partial charge in [-0.25, -0.2) is 14.4 Å². The topological polar surface area (TPSA) is 95.9 Å². The summed E-state index contributed by atoms with van der Waals surface area (Å²) in [5.74, 6) is -1.43. The number of carboxylic acids is 1. The smallest absolute Gasteiger partial charge is 0.328 e. The summed E-state index contributed by atoms with van der Waals surface area (Å²) in [7, 11) is 1.26. The molecule has 3 atom stereocenters. The first-order valence-corrected chi connectivity index (χ1v) is 7.15. The van der Waals surface area contributed by atoms with Gasteiger partial charge in [0.05, 0.1) is 7.11 Å². The first-order valence-electron chi connectivity index (χ1n) is 7.15. The van der Waals surface area contributed by atoms with E-state index in [-0.39, 0.29) is 11.8 Å². The number of rotatable bonds is 4. The Bertz CT molecular complexity index is 410. The van der Waals surface area contributed by atoms with E-state index in [0.717, 1.165) is 6.42 Å². The molecule has 1 aliphatic rings. The molecule has 1 rings (SSSR count). The lowest BCUT2D eigenvalue weighted by Crippen LogP contribution is -2.57. The van der Waals surface area contributed by atoms with Crippen LogP contribution >= 0.6 is 0 Å². The second-order valence-corrected chi connectivity index (χ2v) is 5.87. The number of carbonyl (C=O) groups is 3. The minimum atomic E-state index is -1.02. The number of nitrogens with one attached hydrogen (secondary N) is 1. The minimum absolute atomic E-state index is 0.145. The van der Waals surface area contributed by atoms with Crippen LogP contribution in [0.3, 0.4) is 0 Å². The van der Waals surface area contributed by atoms with Gasteiger partial charge in [-0.1, -0.05) is 20.8 Å². The van der Waals surface area contributed by atoms with Gasteiger partial charge in [0.15, 0.2) is 0 Å². The van der Waals surface area contributed by atoms with E-state index in [1.54, 1.807) is 13.8 Å². The highest BCUT2D eigenvalue weighted by molar-refractivity contribution is 5.87. The quantitative estimate of drug-likeness (QED) is 0.757. The van der Waals surface area contributed by atoms with Crippen LogP contribution in [0.4, 0.5) is 4.79 Å². The molecule has 0 aromatic heterocycles. The highest BCUT2D eigenvalue weighted by atomic mass is 16.5. The number of likely N-dealkylation sites (tertiary alicyclic amines) is 1. The third-order valence-corrected chi connectivity index (χ3v) is 3.81. The number of aliphatic carboxylic acids is 1. The molecule has 0 saturated carbocycles. The molecule has 0 bridgehead atoms. The van der Waals surface area contributed by atoms with Gasteiger partial charge in [-0.3, -0.25) is 0 Å². The number of amides is 2. The maximum atomic E-state index is 12.3. The van der Waals surface area contributed by atoms with Crippen LogP contribution in [0.2, 0.25) is 0 Å². The molecule has 7 heteroatoms. The Morgan fingerprint density at radius 3 is 2.43 bits per heavy atom. The van der Waals surface area contributed by atoms with Crippen LogP contribution in [0.1, 0.15) is 33.6 Å². The van der Waals surface area contributed by atoms with E-state index < -0.39 is 30.1 Å². The minimum Gasteiger partial charge on any atom is -0.480 e. The average Bonchev–Trinajstić information content (AvgIpc) is 2.43. The molecular weight excluding hydrogens is 276 g/mol. The number of nitrogens with zero attached hydrogens (tertiary/aromatic N) is 1. The van der Waals surface area contributed by atoms with Gasteiger partial charge in [-0.15, -0.1) is 0 Å². The van der Waals surface area contributed by atoms with Crippen molar-refractivity contribution in [3.8, 4) is 0 Å². The van der Waals surface area contributed by atoms with Crippen molar-refractivity contribution < 1.29 is 24.2 Å². The van der Waals surface area contributed by atoms with Crippen molar-refractivity contribution >= 4 is 18.0 Å². The fraction of sp³-hybridized carbons (Fsp3) is 0.786. The Kier molecular flexibility index (Phi) is 5.99. The van der Waals surface area contributed by atoms with Crippen LogP contribution in [0.5, 0.6) is 0 Å². The molecule has 1 aliphatic heterocycles. The fourth-order valence-electron chi connectivity index (χ4n) is 2.46. The predicted molar refractivity (Wildman–Crippen MR) is 75.7 cm³/mol. The SMILES string of the molecule is COC(=O)C(NC(=O)N1CCC(C)CC1C(=O)O)C(C)C. The molecular formula is C14H24N2O5. The van der Waals surface area contributed by atoms with Crippen molar-refractivity contribution in [1.82, 2.24) is 10.2 Å². The third kappa shape index (κ3) is 4.34. The van der Waals surface area contributed by atoms with Crippen LogP contribution in [0.25, 0.3) is 0 Å². The van der Waals surface area contributed by atoms with Crippen molar-refractivity contribution in [3.05, 3.63) is 0 Å². The zero-order valence-corrected chi connectivity index (χ0v) is 13.0. The number of piperidine rings is 1. The van der Waals surface area contributed by atoms with Gasteiger partial charge in [0.2, 0.25) is 0 Å². The lowest BCUT2D eigenvalue weighted by Gasteiger charge is -2.36. The monoisotopic (exact) mass is 300 g/mol. The van der Waals surface area contributed by atoms with E-state index in [9.17, 15) is 19.5 Å². The highest BCUT2D eigenvalue weighted by Gasteiger charge is 2.36. The number of esters is 1. The summed E-state index contributed by atoms with van der Waals surface area (Å²) < 4.78 is 4.66. The Morgan fingerprint density at radius 1 is 1.33 bits per heavy atom. The summed E-state index contributed by atoms with van der Waals surface area (Å²) in [4.78, 5) is 36.6. The molecule has 1 saturated heterocycles. The van der Waals surface area contributed by atoms with Crippen LogP contribution in [0, 0.1) is 11.8 Å². The predicted octanol–water partition coefficient (Wildman–Crippen LogP) is 1.08. The molecule has 0 aromatic carbocycles. The molecule has 120 valence electrons. The third-order valence-electron chi connectivity index (χ3n) is 3.81. The Hall–Kier alpha value is -1.79. The van der Waals surface area contributed by atoms with Crippen LogP contribution in [-0.4, -0.2) is 53.7 Å². The number of carbonyl (C=O) groups excluding carboxylic acids is 2. The summed E-state index contributed by atoms with van der Waals surface area (Å²) in [5, 5.41) is 11.8. The molecule has 3 unspecified atom stereocenters. The van der Waals surface area contributed by atoms with Crippen molar-refractivity contribution in [2.45, 2.75) is 45.7 Å². The molecule has 0 spiro atoms. The molecule has 1 fully saturated rings. The number of urea groups is 1. The van der Waals surface area contributed by atoms with Crippen LogP contribution < -0.4 is 5.32 Å². The normalized spacial score (nSPS) is 23.6. The lowest BCUT2D eigenvalue weighted by molar-refractivity contribution is -0.144. The first-order chi connectivity index (χ1) is 9.77. The zero-order valence-electron chi connectivity index (χ0n) is 13.0. The van der Waals surface area contributed by atoms with Gasteiger partial charge in [0.25, 0.3) is 0 Å². The summed E-state index contributed by atoms with van der Waals surface area (Å²) in [6.45, 7) is 5.91. The van der Waals surface area contributed by atoms with E-state index in [0.29, 0.717) is 13.0 Å². The van der Waals surface area contributed by atoms with E-state index in [1.807, 2.05) is 6.92 Å². The molecule has 7 nitrogen and oxygen atoms in total. The van der Waals surface area contributed by atoms with Gasteiger partial charge in [0.1, 0.15) is 12.1 Å². The van der Waals surface area contributed by atoms with Gasteiger partial charge in [0, 0.05) is 6.54 Å². The molecule has 21 heavy (non-hydrogen) atoms. The standard InChI is InChI=1S/C14H24N2O5/c1-8(2)11(13(19)21-4)15-14(20)16-6-5-9(3)7-10(16)12(17)18/h8-11H,5-7H2,1-4H3,(H,15,20)(H,17,18). The second kappa shape index (κ2) is 7.28. The highest BCUT2D eigenvalue weighted by Crippen LogP contribution is 2.23. The Balaban J connectivity index is 2.80. The van der Waals surface area contributed by atoms with E-state index in [2.05, 4.69) is 10.1 Å². The van der Waals surface area contributed by atoms with E-state index in [4.69, 9.17) is 0 Å². The van der Waals surface area contributed by atoms with E-state index >= 15 is 0 Å². The second-order valence-electron chi connectivity index (χ2n) is 5.87. The Labute approximate surface area is 124 Å². The maximum absolute atomic E-state index is 12.3. The van der Waals surface area contributed by atoms with Crippen molar-refractivity contribution in [2.75, 3.05) is 13.7 Å². The number of methoxy groups -OCH3 is 1. The number of carboxylic acid groups (broad SMARTS) is 1. The van der Waals surface area contributed by atoms with Crippen molar-refractivity contribution in [2.24, 2.45) is 11.8 Å². The van der Waals surface area contributed by atoms with Gasteiger partial charge in [-0.05, 0) is 24.7 Å². The maximum Gasteiger partial charge on any atom is 0.328 e. The molecule has 0 aromatic rings. The molecule has 2 amide bonds. The fourth-order valence-corrected chi connectivity index (χ4v) is 2.46. The molecule has 2 N–H and O–H groups in total. The lowest BCUT2D eigenvalue weighted by atomic mass is 9.92. The summed E-state index contributed by atoms with van der Waals surface area (Å²) in [6, 6.07) is -2.16. The first kappa shape index (κ1) is 17.3. The van der Waals surface area contributed by atoms with Crippen LogP contribution in [-0.2, 0) is 14.3 Å². The zero-order chi connectivity index (χ0) is 16.2. The van der Waals surface area contributed by atoms with Crippen LogP contribution in [0.15, 0.2) is 0 Å². The number of hydrogen-bond donors (Lipinski definition) is 2. The Morgan fingerprint density at radius 2 is 1.95 bits per heavy atom. The number of hydrogen-bond acceptors (Lipinski definition) is 4. The average molecular weight is 300 g/mol.